The van der Waals surface area contributed by atoms with Gasteiger partial charge in [-0.3, -0.25) is 9.79 Å². The van der Waals surface area contributed by atoms with Crippen molar-refractivity contribution in [2.24, 2.45) is 16.1 Å². The molecule has 136 valence electrons. The summed E-state index contributed by atoms with van der Waals surface area (Å²) in [6, 6.07) is 6.35. The van der Waals surface area contributed by atoms with Gasteiger partial charge in [0, 0.05) is 19.8 Å². The highest BCUT2D eigenvalue weighted by atomic mass is 16.2. The van der Waals surface area contributed by atoms with Gasteiger partial charge in [0.05, 0.1) is 12.0 Å². The Labute approximate surface area is 150 Å². The van der Waals surface area contributed by atoms with Crippen molar-refractivity contribution in [1.29, 1.82) is 0 Å². The molecule has 0 aliphatic heterocycles. The van der Waals surface area contributed by atoms with Gasteiger partial charge >= 0.3 is 0 Å². The van der Waals surface area contributed by atoms with Gasteiger partial charge in [-0.15, -0.1) is 0 Å². The third-order valence-corrected chi connectivity index (χ3v) is 5.63. The minimum atomic E-state index is -0.369. The molecular weight excluding hydrogens is 312 g/mol. The van der Waals surface area contributed by atoms with E-state index in [2.05, 4.69) is 28.5 Å². The Balaban J connectivity index is 1.73. The predicted molar refractivity (Wildman–Crippen MR) is 103 cm³/mol. The largest absolute Gasteiger partial charge is 0.370 e. The summed E-state index contributed by atoms with van der Waals surface area (Å²) in [6.45, 7) is 0.470. The molecule has 0 atom stereocenters. The first-order valence-corrected chi connectivity index (χ1v) is 9.41. The quantitative estimate of drug-likeness (QED) is 0.653. The highest BCUT2D eigenvalue weighted by molar-refractivity contribution is 5.93. The normalized spacial score (nSPS) is 19.4. The number of amides is 1. The molecule has 3 N–H and O–H groups in total. The van der Waals surface area contributed by atoms with Crippen molar-refractivity contribution >= 4 is 17.6 Å². The minimum absolute atomic E-state index is 0.179. The van der Waals surface area contributed by atoms with Crippen LogP contribution in [-0.2, 0) is 17.6 Å². The van der Waals surface area contributed by atoms with Gasteiger partial charge in [-0.05, 0) is 55.7 Å². The Hall–Kier alpha value is -2.04. The van der Waals surface area contributed by atoms with E-state index in [9.17, 15) is 4.79 Å². The van der Waals surface area contributed by atoms with Gasteiger partial charge in [0.15, 0.2) is 5.96 Å². The fraction of sp³-hybridized carbons (Fsp3) is 0.600. The second kappa shape index (κ2) is 7.46. The van der Waals surface area contributed by atoms with Crippen LogP contribution in [0.3, 0.4) is 0 Å². The number of nitrogens with zero attached hydrogens (tertiary/aromatic N) is 2. The lowest BCUT2D eigenvalue weighted by atomic mass is 9.85. The number of aliphatic imine (C=N–C) groups is 1. The summed E-state index contributed by atoms with van der Waals surface area (Å²) in [4.78, 5) is 18.9. The summed E-state index contributed by atoms with van der Waals surface area (Å²) >= 11 is 0. The van der Waals surface area contributed by atoms with Crippen molar-refractivity contribution in [2.75, 3.05) is 26.0 Å². The second-order valence-electron chi connectivity index (χ2n) is 7.66. The van der Waals surface area contributed by atoms with Crippen LogP contribution in [0.5, 0.6) is 0 Å². The van der Waals surface area contributed by atoms with Crippen molar-refractivity contribution in [3.8, 4) is 0 Å². The molecule has 0 unspecified atom stereocenters. The van der Waals surface area contributed by atoms with Crippen LogP contribution in [0.15, 0.2) is 23.2 Å². The van der Waals surface area contributed by atoms with Gasteiger partial charge in [0.1, 0.15) is 0 Å². The first-order chi connectivity index (χ1) is 12.0. The maximum Gasteiger partial charge on any atom is 0.230 e. The lowest BCUT2D eigenvalue weighted by Gasteiger charge is -2.29. The van der Waals surface area contributed by atoms with E-state index in [0.717, 1.165) is 44.2 Å². The molecule has 1 saturated carbocycles. The molecule has 0 spiro atoms. The second-order valence-corrected chi connectivity index (χ2v) is 7.66. The molecule has 1 amide bonds. The van der Waals surface area contributed by atoms with Crippen LogP contribution in [0.2, 0.25) is 0 Å². The van der Waals surface area contributed by atoms with E-state index in [0.29, 0.717) is 12.5 Å². The number of hydrogen-bond acceptors (Lipinski definition) is 2. The molecule has 5 heteroatoms. The number of fused-ring (bicyclic) bond motifs is 1. The maximum absolute atomic E-state index is 12.6. The topological polar surface area (TPSA) is 70.7 Å². The number of aryl methyl sites for hydroxylation is 1. The molecule has 2 aliphatic rings. The van der Waals surface area contributed by atoms with E-state index >= 15 is 0 Å². The summed E-state index contributed by atoms with van der Waals surface area (Å²) < 4.78 is 0. The lowest BCUT2D eigenvalue weighted by molar-refractivity contribution is -0.138. The van der Waals surface area contributed by atoms with Crippen molar-refractivity contribution in [1.82, 2.24) is 4.90 Å². The van der Waals surface area contributed by atoms with Gasteiger partial charge < -0.3 is 16.0 Å². The van der Waals surface area contributed by atoms with Gasteiger partial charge in [0.25, 0.3) is 0 Å². The number of hydrogen-bond donors (Lipinski definition) is 2. The van der Waals surface area contributed by atoms with Gasteiger partial charge in [-0.25, -0.2) is 0 Å². The van der Waals surface area contributed by atoms with E-state index in [4.69, 9.17) is 5.73 Å². The monoisotopic (exact) mass is 342 g/mol. The van der Waals surface area contributed by atoms with Crippen molar-refractivity contribution < 1.29 is 4.79 Å². The number of benzene rings is 1. The first-order valence-electron chi connectivity index (χ1n) is 9.41. The van der Waals surface area contributed by atoms with Crippen LogP contribution in [0.25, 0.3) is 0 Å². The van der Waals surface area contributed by atoms with E-state index < -0.39 is 0 Å². The molecule has 5 nitrogen and oxygen atoms in total. The van der Waals surface area contributed by atoms with Crippen LogP contribution in [-0.4, -0.2) is 37.4 Å². The first kappa shape index (κ1) is 17.8. The molecule has 2 aliphatic carbocycles. The predicted octanol–water partition coefficient (Wildman–Crippen LogP) is 2.94. The molecule has 1 fully saturated rings. The summed E-state index contributed by atoms with van der Waals surface area (Å²) in [6.07, 6.45) is 8.71. The van der Waals surface area contributed by atoms with Crippen LogP contribution in [0.1, 0.15) is 49.7 Å². The number of carbonyl (C=O) groups is 1. The number of nitrogens with two attached hydrogens (primary N) is 1. The molecule has 0 aromatic heterocycles. The smallest absolute Gasteiger partial charge is 0.230 e. The molecule has 0 saturated heterocycles. The molecule has 0 heterocycles. The van der Waals surface area contributed by atoms with E-state index in [-0.39, 0.29) is 11.3 Å². The fourth-order valence-electron chi connectivity index (χ4n) is 4.28. The lowest BCUT2D eigenvalue weighted by Crippen LogP contribution is -2.41. The minimum Gasteiger partial charge on any atom is -0.370 e. The molecule has 0 radical (unpaired) electrons. The zero-order chi connectivity index (χ0) is 17.9. The Morgan fingerprint density at radius 1 is 1.20 bits per heavy atom. The number of guanidine groups is 1. The highest BCUT2D eigenvalue weighted by Gasteiger charge is 2.41. The highest BCUT2D eigenvalue weighted by Crippen LogP contribution is 2.39. The third kappa shape index (κ3) is 3.80. The molecule has 3 rings (SSSR count). The Bertz CT molecular complexity index is 660. The van der Waals surface area contributed by atoms with Gasteiger partial charge in [-0.1, -0.05) is 25.0 Å². The van der Waals surface area contributed by atoms with E-state index in [1.54, 1.807) is 4.90 Å². The van der Waals surface area contributed by atoms with E-state index in [1.807, 2.05) is 14.1 Å². The van der Waals surface area contributed by atoms with Crippen LogP contribution < -0.4 is 11.1 Å². The molecule has 0 bridgehead atoms. The molecule has 1 aromatic rings. The maximum atomic E-state index is 12.6. The van der Waals surface area contributed by atoms with Crippen molar-refractivity contribution in [3.63, 3.8) is 0 Å². The summed E-state index contributed by atoms with van der Waals surface area (Å²) in [5.41, 5.74) is 9.65. The fourth-order valence-corrected chi connectivity index (χ4v) is 4.28. The zero-order valence-corrected chi connectivity index (χ0v) is 15.5. The average Bonchev–Trinajstić information content (AvgIpc) is 3.10. The Morgan fingerprint density at radius 2 is 1.92 bits per heavy atom. The third-order valence-electron chi connectivity index (χ3n) is 5.63. The van der Waals surface area contributed by atoms with Crippen LogP contribution in [0.4, 0.5) is 5.69 Å². The number of rotatable bonds is 4. The molecule has 25 heavy (non-hydrogen) atoms. The zero-order valence-electron chi connectivity index (χ0n) is 15.5. The SMILES string of the molecule is CN(C)C(=O)C1(CN=C(N)Nc2cccc3c2CCCC3)CCCC1. The molecule has 1 aromatic carbocycles. The number of carbonyl (C=O) groups excluding carboxylic acids is 1. The standard InChI is InChI=1S/C20H30N4O/c1-24(2)18(25)20(12-5-6-13-20)14-22-19(21)23-17-11-7-9-15-8-3-4-10-16(15)17/h7,9,11H,3-6,8,10,12-14H2,1-2H3,(H3,21,22,23). The number of anilines is 1. The van der Waals surface area contributed by atoms with Gasteiger partial charge in [-0.2, -0.15) is 0 Å². The number of nitrogens with one attached hydrogen (secondary N) is 1. The van der Waals surface area contributed by atoms with Gasteiger partial charge in [0.2, 0.25) is 5.91 Å². The summed E-state index contributed by atoms with van der Waals surface area (Å²) in [5.74, 6) is 0.593. The average molecular weight is 342 g/mol. The Kier molecular flexibility index (Phi) is 5.30. The van der Waals surface area contributed by atoms with Crippen molar-refractivity contribution in [2.45, 2.75) is 51.4 Å². The Morgan fingerprint density at radius 3 is 2.64 bits per heavy atom. The summed E-state index contributed by atoms with van der Waals surface area (Å²) in [7, 11) is 3.65. The van der Waals surface area contributed by atoms with E-state index in [1.165, 1.54) is 24.0 Å². The summed E-state index contributed by atoms with van der Waals surface area (Å²) in [5, 5.41) is 3.28. The molecular formula is C20H30N4O. The van der Waals surface area contributed by atoms with Crippen molar-refractivity contribution in [3.05, 3.63) is 29.3 Å². The van der Waals surface area contributed by atoms with Crippen LogP contribution in [0, 0.1) is 5.41 Å². The van der Waals surface area contributed by atoms with Crippen LogP contribution >= 0.6 is 0 Å².